The average Bonchev–Trinajstić information content (AvgIpc) is 1.86. The van der Waals surface area contributed by atoms with Crippen molar-refractivity contribution in [2.75, 3.05) is 6.54 Å². The van der Waals surface area contributed by atoms with E-state index in [-0.39, 0.29) is 0 Å². The predicted molar refractivity (Wildman–Crippen MR) is 46.5 cm³/mol. The van der Waals surface area contributed by atoms with E-state index in [1.165, 1.54) is 6.42 Å². The molecule has 2 atom stereocenters. The lowest BCUT2D eigenvalue weighted by molar-refractivity contribution is 0.00299. The van der Waals surface area contributed by atoms with Crippen molar-refractivity contribution < 1.29 is 5.11 Å². The van der Waals surface area contributed by atoms with Gasteiger partial charge in [0, 0.05) is 12.6 Å². The molecule has 1 rings (SSSR count). The second kappa shape index (κ2) is 3.11. The molecular weight excluding hydrogens is 138 g/mol. The number of rotatable bonds is 1. The molecule has 1 fully saturated rings. The van der Waals surface area contributed by atoms with Crippen molar-refractivity contribution >= 4 is 0 Å². The summed E-state index contributed by atoms with van der Waals surface area (Å²) in [6.07, 6.45) is 2.34. The van der Waals surface area contributed by atoms with Crippen LogP contribution >= 0.6 is 0 Å². The molecule has 0 unspecified atom stereocenters. The van der Waals surface area contributed by atoms with Crippen molar-refractivity contribution in [1.29, 1.82) is 0 Å². The van der Waals surface area contributed by atoms with E-state index in [0.717, 1.165) is 13.0 Å². The Kier molecular flexibility index (Phi) is 2.55. The van der Waals surface area contributed by atoms with Crippen molar-refractivity contribution in [1.82, 2.24) is 5.32 Å². The first-order chi connectivity index (χ1) is 5.00. The van der Waals surface area contributed by atoms with E-state index in [0.29, 0.717) is 12.0 Å². The van der Waals surface area contributed by atoms with Crippen LogP contribution in [0.3, 0.4) is 0 Å². The average molecular weight is 157 g/mol. The first-order valence-electron chi connectivity index (χ1n) is 4.46. The molecule has 0 aliphatic carbocycles. The normalized spacial score (nSPS) is 33.8. The standard InChI is InChI=1S/C9H19NO/c1-7-4-5-8(6-10-7)9(2,3)11/h7-8,10-11H,4-6H2,1-3H3/t7-,8-/m0/s1. The third-order valence-corrected chi connectivity index (χ3v) is 2.66. The Bertz CT molecular complexity index is 120. The van der Waals surface area contributed by atoms with Crippen LogP contribution in [0, 0.1) is 5.92 Å². The van der Waals surface area contributed by atoms with E-state index < -0.39 is 5.60 Å². The Morgan fingerprint density at radius 1 is 1.36 bits per heavy atom. The van der Waals surface area contributed by atoms with Gasteiger partial charge in [-0.1, -0.05) is 0 Å². The second-order valence-corrected chi connectivity index (χ2v) is 4.24. The molecule has 2 nitrogen and oxygen atoms in total. The molecule has 0 aromatic rings. The van der Waals surface area contributed by atoms with Gasteiger partial charge >= 0.3 is 0 Å². The molecule has 0 amide bonds. The molecule has 1 aliphatic rings. The van der Waals surface area contributed by atoms with Crippen LogP contribution in [-0.2, 0) is 0 Å². The van der Waals surface area contributed by atoms with Gasteiger partial charge in [-0.05, 0) is 39.5 Å². The number of hydrogen-bond acceptors (Lipinski definition) is 2. The van der Waals surface area contributed by atoms with E-state index in [2.05, 4.69) is 12.2 Å². The fourth-order valence-corrected chi connectivity index (χ4v) is 1.60. The van der Waals surface area contributed by atoms with Gasteiger partial charge in [0.05, 0.1) is 5.60 Å². The summed E-state index contributed by atoms with van der Waals surface area (Å²) in [7, 11) is 0. The topological polar surface area (TPSA) is 32.3 Å². The molecule has 0 aromatic carbocycles. The van der Waals surface area contributed by atoms with E-state index >= 15 is 0 Å². The van der Waals surface area contributed by atoms with Gasteiger partial charge in [-0.15, -0.1) is 0 Å². The number of hydrogen-bond donors (Lipinski definition) is 2. The zero-order valence-corrected chi connectivity index (χ0v) is 7.72. The van der Waals surface area contributed by atoms with Gasteiger partial charge in [0.2, 0.25) is 0 Å². The smallest absolute Gasteiger partial charge is 0.0631 e. The highest BCUT2D eigenvalue weighted by atomic mass is 16.3. The maximum absolute atomic E-state index is 9.69. The summed E-state index contributed by atoms with van der Waals surface area (Å²) in [6, 6.07) is 0.633. The van der Waals surface area contributed by atoms with Crippen LogP contribution in [0.4, 0.5) is 0 Å². The molecular formula is C9H19NO. The molecule has 0 aromatic heterocycles. The largest absolute Gasteiger partial charge is 0.390 e. The maximum atomic E-state index is 9.69. The Hall–Kier alpha value is -0.0800. The molecule has 2 N–H and O–H groups in total. The molecule has 2 heteroatoms. The molecule has 0 radical (unpaired) electrons. The number of nitrogens with one attached hydrogen (secondary N) is 1. The minimum Gasteiger partial charge on any atom is -0.390 e. The Morgan fingerprint density at radius 2 is 2.00 bits per heavy atom. The van der Waals surface area contributed by atoms with Gasteiger partial charge in [0.1, 0.15) is 0 Å². The van der Waals surface area contributed by atoms with Gasteiger partial charge in [-0.3, -0.25) is 0 Å². The molecule has 0 bridgehead atoms. The summed E-state index contributed by atoms with van der Waals surface area (Å²) < 4.78 is 0. The highest BCUT2D eigenvalue weighted by Gasteiger charge is 2.29. The highest BCUT2D eigenvalue weighted by molar-refractivity contribution is 4.84. The van der Waals surface area contributed by atoms with Crippen LogP contribution in [-0.4, -0.2) is 23.3 Å². The van der Waals surface area contributed by atoms with Crippen LogP contribution in [0.15, 0.2) is 0 Å². The van der Waals surface area contributed by atoms with Crippen LogP contribution in [0.5, 0.6) is 0 Å². The van der Waals surface area contributed by atoms with Gasteiger partial charge in [-0.25, -0.2) is 0 Å². The summed E-state index contributed by atoms with van der Waals surface area (Å²) in [5.74, 6) is 0.429. The fraction of sp³-hybridized carbons (Fsp3) is 1.00. The van der Waals surface area contributed by atoms with Crippen molar-refractivity contribution in [3.05, 3.63) is 0 Å². The fourth-order valence-electron chi connectivity index (χ4n) is 1.60. The lowest BCUT2D eigenvalue weighted by atomic mass is 9.83. The second-order valence-electron chi connectivity index (χ2n) is 4.24. The number of piperidine rings is 1. The van der Waals surface area contributed by atoms with Gasteiger partial charge in [-0.2, -0.15) is 0 Å². The van der Waals surface area contributed by atoms with Crippen LogP contribution in [0.2, 0.25) is 0 Å². The van der Waals surface area contributed by atoms with Crippen molar-refractivity contribution in [2.45, 2.75) is 45.3 Å². The van der Waals surface area contributed by atoms with E-state index in [1.807, 2.05) is 13.8 Å². The van der Waals surface area contributed by atoms with Crippen molar-refractivity contribution in [3.63, 3.8) is 0 Å². The Balaban J connectivity index is 2.39. The minimum absolute atomic E-state index is 0.429. The van der Waals surface area contributed by atoms with E-state index in [1.54, 1.807) is 0 Å². The molecule has 0 saturated carbocycles. The monoisotopic (exact) mass is 157 g/mol. The molecule has 1 saturated heterocycles. The lowest BCUT2D eigenvalue weighted by Gasteiger charge is -2.35. The summed E-state index contributed by atoms with van der Waals surface area (Å²) >= 11 is 0. The Morgan fingerprint density at radius 3 is 2.36 bits per heavy atom. The van der Waals surface area contributed by atoms with Gasteiger partial charge in [0.25, 0.3) is 0 Å². The Labute approximate surface area is 69.0 Å². The zero-order chi connectivity index (χ0) is 8.48. The van der Waals surface area contributed by atoms with E-state index in [9.17, 15) is 5.11 Å². The van der Waals surface area contributed by atoms with Crippen molar-refractivity contribution in [2.24, 2.45) is 5.92 Å². The van der Waals surface area contributed by atoms with Gasteiger partial charge < -0.3 is 10.4 Å². The van der Waals surface area contributed by atoms with Crippen LogP contribution in [0.1, 0.15) is 33.6 Å². The summed E-state index contributed by atoms with van der Waals surface area (Å²) in [5, 5.41) is 13.1. The molecule has 1 aliphatic heterocycles. The first kappa shape index (κ1) is 9.01. The third-order valence-electron chi connectivity index (χ3n) is 2.66. The lowest BCUT2D eigenvalue weighted by Crippen LogP contribution is -2.45. The summed E-state index contributed by atoms with van der Waals surface area (Å²) in [5.41, 5.74) is -0.507. The molecule has 1 heterocycles. The third kappa shape index (κ3) is 2.46. The SMILES string of the molecule is C[C@H]1CC[C@H](C(C)(C)O)CN1. The molecule has 66 valence electrons. The maximum Gasteiger partial charge on any atom is 0.0631 e. The van der Waals surface area contributed by atoms with Crippen LogP contribution < -0.4 is 5.32 Å². The quantitative estimate of drug-likeness (QED) is 0.598. The summed E-state index contributed by atoms with van der Waals surface area (Å²) in [6.45, 7) is 6.95. The first-order valence-corrected chi connectivity index (χ1v) is 4.46. The zero-order valence-electron chi connectivity index (χ0n) is 7.72. The minimum atomic E-state index is -0.507. The van der Waals surface area contributed by atoms with Crippen LogP contribution in [0.25, 0.3) is 0 Å². The molecule has 0 spiro atoms. The van der Waals surface area contributed by atoms with Gasteiger partial charge in [0.15, 0.2) is 0 Å². The van der Waals surface area contributed by atoms with E-state index in [4.69, 9.17) is 0 Å². The highest BCUT2D eigenvalue weighted by Crippen LogP contribution is 2.24. The molecule has 11 heavy (non-hydrogen) atoms. The van der Waals surface area contributed by atoms with Crippen molar-refractivity contribution in [3.8, 4) is 0 Å². The summed E-state index contributed by atoms with van der Waals surface area (Å²) in [4.78, 5) is 0. The predicted octanol–water partition coefficient (Wildman–Crippen LogP) is 1.15. The number of aliphatic hydroxyl groups is 1.